The van der Waals surface area contributed by atoms with Crippen molar-refractivity contribution >= 4 is 0 Å². The lowest BCUT2D eigenvalue weighted by atomic mass is 10.1. The van der Waals surface area contributed by atoms with Crippen LogP contribution in [0.3, 0.4) is 0 Å². The second kappa shape index (κ2) is 5.35. The molecule has 0 amide bonds. The molecule has 1 unspecified atom stereocenters. The van der Waals surface area contributed by atoms with Gasteiger partial charge in [0.1, 0.15) is 0 Å². The molecule has 17 heavy (non-hydrogen) atoms. The summed E-state index contributed by atoms with van der Waals surface area (Å²) in [7, 11) is 1.63. The van der Waals surface area contributed by atoms with Gasteiger partial charge in [0.05, 0.1) is 0 Å². The SMILES string of the molecule is CNC(C)c1cccc(F)c1OCC(F)(F)F. The molecule has 2 nitrogen and oxygen atoms in total. The number of benzene rings is 1. The van der Waals surface area contributed by atoms with Gasteiger partial charge in [-0.05, 0) is 20.0 Å². The number of hydrogen-bond acceptors (Lipinski definition) is 2. The van der Waals surface area contributed by atoms with E-state index in [-0.39, 0.29) is 11.8 Å². The Morgan fingerprint density at radius 3 is 2.53 bits per heavy atom. The molecular weight excluding hydrogens is 238 g/mol. The van der Waals surface area contributed by atoms with Crippen LogP contribution in [0.15, 0.2) is 18.2 Å². The summed E-state index contributed by atoms with van der Waals surface area (Å²) >= 11 is 0. The van der Waals surface area contributed by atoms with Gasteiger partial charge in [0.2, 0.25) is 0 Å². The highest BCUT2D eigenvalue weighted by molar-refractivity contribution is 5.37. The van der Waals surface area contributed by atoms with E-state index in [9.17, 15) is 17.6 Å². The molecule has 0 saturated heterocycles. The van der Waals surface area contributed by atoms with E-state index in [0.29, 0.717) is 5.56 Å². The molecule has 0 aromatic heterocycles. The summed E-state index contributed by atoms with van der Waals surface area (Å²) < 4.78 is 54.0. The van der Waals surface area contributed by atoms with Gasteiger partial charge in [0, 0.05) is 11.6 Å². The molecule has 0 heterocycles. The van der Waals surface area contributed by atoms with Gasteiger partial charge in [0.25, 0.3) is 0 Å². The van der Waals surface area contributed by atoms with Crippen LogP contribution in [-0.2, 0) is 0 Å². The van der Waals surface area contributed by atoms with Gasteiger partial charge in [-0.2, -0.15) is 13.2 Å². The number of ether oxygens (including phenoxy) is 1. The van der Waals surface area contributed by atoms with Crippen LogP contribution in [0.25, 0.3) is 0 Å². The van der Waals surface area contributed by atoms with Crippen molar-refractivity contribution in [1.82, 2.24) is 5.32 Å². The Balaban J connectivity index is 2.96. The van der Waals surface area contributed by atoms with Crippen molar-refractivity contribution < 1.29 is 22.3 Å². The van der Waals surface area contributed by atoms with Crippen LogP contribution in [0.5, 0.6) is 5.75 Å². The summed E-state index contributed by atoms with van der Waals surface area (Å²) in [5, 5.41) is 2.82. The fourth-order valence-corrected chi connectivity index (χ4v) is 1.33. The van der Waals surface area contributed by atoms with E-state index in [2.05, 4.69) is 10.1 Å². The Kier molecular flexibility index (Phi) is 4.34. The van der Waals surface area contributed by atoms with Gasteiger partial charge in [-0.3, -0.25) is 0 Å². The van der Waals surface area contributed by atoms with Crippen LogP contribution in [0.1, 0.15) is 18.5 Å². The van der Waals surface area contributed by atoms with Gasteiger partial charge in [0.15, 0.2) is 18.2 Å². The van der Waals surface area contributed by atoms with Gasteiger partial charge in [-0.25, -0.2) is 4.39 Å². The number of alkyl halides is 3. The summed E-state index contributed by atoms with van der Waals surface area (Å²) in [6, 6.07) is 3.72. The molecule has 1 rings (SSSR count). The number of nitrogens with one attached hydrogen (secondary N) is 1. The van der Waals surface area contributed by atoms with Gasteiger partial charge < -0.3 is 10.1 Å². The predicted molar refractivity (Wildman–Crippen MR) is 55.4 cm³/mol. The highest BCUT2D eigenvalue weighted by Crippen LogP contribution is 2.29. The first kappa shape index (κ1) is 13.8. The Morgan fingerprint density at radius 2 is 2.00 bits per heavy atom. The lowest BCUT2D eigenvalue weighted by Crippen LogP contribution is -2.21. The summed E-state index contributed by atoms with van der Waals surface area (Å²) in [5.74, 6) is -1.15. The molecule has 0 spiro atoms. The number of rotatable bonds is 4. The standard InChI is InChI=1S/C11H13F4NO/c1-7(16-2)8-4-3-5-9(12)10(8)17-6-11(13,14)15/h3-5,7,16H,6H2,1-2H3. The zero-order valence-electron chi connectivity index (χ0n) is 9.44. The van der Waals surface area contributed by atoms with Crippen molar-refractivity contribution in [2.24, 2.45) is 0 Å². The average Bonchev–Trinajstić information content (AvgIpc) is 2.25. The lowest BCUT2D eigenvalue weighted by molar-refractivity contribution is -0.154. The molecule has 1 atom stereocenters. The highest BCUT2D eigenvalue weighted by atomic mass is 19.4. The van der Waals surface area contributed by atoms with E-state index in [4.69, 9.17) is 0 Å². The molecule has 0 radical (unpaired) electrons. The van der Waals surface area contributed by atoms with Crippen LogP contribution in [-0.4, -0.2) is 19.8 Å². The molecular formula is C11H13F4NO. The smallest absolute Gasteiger partial charge is 0.422 e. The summed E-state index contributed by atoms with van der Waals surface area (Å²) in [5.41, 5.74) is 0.358. The van der Waals surface area contributed by atoms with E-state index < -0.39 is 18.6 Å². The molecule has 0 aliphatic carbocycles. The zero-order valence-corrected chi connectivity index (χ0v) is 9.44. The minimum absolute atomic E-state index is 0.297. The Morgan fingerprint density at radius 1 is 1.35 bits per heavy atom. The first-order valence-electron chi connectivity index (χ1n) is 5.00. The molecule has 0 saturated carbocycles. The van der Waals surface area contributed by atoms with Crippen LogP contribution in [0, 0.1) is 5.82 Å². The van der Waals surface area contributed by atoms with E-state index in [1.54, 1.807) is 14.0 Å². The van der Waals surface area contributed by atoms with Crippen LogP contribution < -0.4 is 10.1 Å². The topological polar surface area (TPSA) is 21.3 Å². The average molecular weight is 251 g/mol. The predicted octanol–water partition coefficient (Wildman–Crippen LogP) is 3.05. The fraction of sp³-hybridized carbons (Fsp3) is 0.455. The molecule has 0 aliphatic rings. The minimum atomic E-state index is -4.48. The molecule has 1 aromatic carbocycles. The fourth-order valence-electron chi connectivity index (χ4n) is 1.33. The van der Waals surface area contributed by atoms with E-state index in [1.165, 1.54) is 12.1 Å². The number of para-hydroxylation sites is 1. The lowest BCUT2D eigenvalue weighted by Gasteiger charge is -2.17. The van der Waals surface area contributed by atoms with Gasteiger partial charge >= 0.3 is 6.18 Å². The summed E-state index contributed by atoms with van der Waals surface area (Å²) in [6.45, 7) is 0.201. The minimum Gasteiger partial charge on any atom is -0.481 e. The molecule has 6 heteroatoms. The number of halogens is 4. The van der Waals surface area contributed by atoms with Crippen molar-refractivity contribution in [3.8, 4) is 5.75 Å². The van der Waals surface area contributed by atoms with E-state index >= 15 is 0 Å². The summed E-state index contributed by atoms with van der Waals surface area (Å²) in [6.07, 6.45) is -4.48. The maximum absolute atomic E-state index is 13.4. The molecule has 0 fully saturated rings. The van der Waals surface area contributed by atoms with Crippen molar-refractivity contribution in [2.75, 3.05) is 13.7 Å². The van der Waals surface area contributed by atoms with Crippen LogP contribution in [0.4, 0.5) is 17.6 Å². The molecule has 1 aromatic rings. The van der Waals surface area contributed by atoms with Gasteiger partial charge in [-0.15, -0.1) is 0 Å². The third-order valence-electron chi connectivity index (χ3n) is 2.28. The Labute approximate surface area is 96.6 Å². The maximum Gasteiger partial charge on any atom is 0.422 e. The first-order chi connectivity index (χ1) is 7.85. The van der Waals surface area contributed by atoms with Crippen molar-refractivity contribution in [2.45, 2.75) is 19.1 Å². The van der Waals surface area contributed by atoms with Crippen molar-refractivity contribution in [3.63, 3.8) is 0 Å². The first-order valence-corrected chi connectivity index (χ1v) is 5.00. The third kappa shape index (κ3) is 3.89. The molecule has 0 bridgehead atoms. The molecule has 0 aliphatic heterocycles. The van der Waals surface area contributed by atoms with Crippen LogP contribution >= 0.6 is 0 Å². The summed E-state index contributed by atoms with van der Waals surface area (Å²) in [4.78, 5) is 0. The Bertz CT molecular complexity index is 378. The number of hydrogen-bond donors (Lipinski definition) is 1. The third-order valence-corrected chi connectivity index (χ3v) is 2.28. The second-order valence-electron chi connectivity index (χ2n) is 3.57. The largest absolute Gasteiger partial charge is 0.481 e. The normalized spacial score (nSPS) is 13.5. The van der Waals surface area contributed by atoms with E-state index in [0.717, 1.165) is 6.07 Å². The molecule has 96 valence electrons. The Hall–Kier alpha value is -1.30. The highest BCUT2D eigenvalue weighted by Gasteiger charge is 2.29. The van der Waals surface area contributed by atoms with Gasteiger partial charge in [-0.1, -0.05) is 12.1 Å². The van der Waals surface area contributed by atoms with Crippen LogP contribution in [0.2, 0.25) is 0 Å². The second-order valence-corrected chi connectivity index (χ2v) is 3.57. The zero-order chi connectivity index (χ0) is 13.1. The monoisotopic (exact) mass is 251 g/mol. The van der Waals surface area contributed by atoms with Crippen molar-refractivity contribution in [1.29, 1.82) is 0 Å². The molecule has 1 N–H and O–H groups in total. The van der Waals surface area contributed by atoms with E-state index in [1.807, 2.05) is 0 Å². The van der Waals surface area contributed by atoms with Crippen molar-refractivity contribution in [3.05, 3.63) is 29.6 Å². The maximum atomic E-state index is 13.4. The quantitative estimate of drug-likeness (QED) is 0.830.